The van der Waals surface area contributed by atoms with E-state index in [1.54, 1.807) is 0 Å². The molecule has 2 N–H and O–H groups in total. The van der Waals surface area contributed by atoms with Gasteiger partial charge in [-0.3, -0.25) is 0 Å². The van der Waals surface area contributed by atoms with Crippen LogP contribution in [0.4, 0.5) is 5.95 Å². The summed E-state index contributed by atoms with van der Waals surface area (Å²) in [5.74, 6) is 0.639. The molecule has 1 aromatic heterocycles. The summed E-state index contributed by atoms with van der Waals surface area (Å²) in [5, 5.41) is 0. The third kappa shape index (κ3) is 2.50. The van der Waals surface area contributed by atoms with E-state index in [0.717, 1.165) is 17.5 Å². The molecule has 98 valence electrons. The Morgan fingerprint density at radius 2 is 2.11 bits per heavy atom. The van der Waals surface area contributed by atoms with Crippen LogP contribution < -0.4 is 5.73 Å². The molecule has 3 heteroatoms. The smallest absolute Gasteiger partial charge is 0.201 e. The van der Waals surface area contributed by atoms with Crippen LogP contribution in [0.25, 0.3) is 11.0 Å². The lowest BCUT2D eigenvalue weighted by Crippen LogP contribution is -2.08. The minimum Gasteiger partial charge on any atom is -0.369 e. The first-order chi connectivity index (χ1) is 8.63. The summed E-state index contributed by atoms with van der Waals surface area (Å²) in [4.78, 5) is 4.46. The number of rotatable bonds is 5. The highest BCUT2D eigenvalue weighted by atomic mass is 15.2. The Balaban J connectivity index is 2.29. The van der Waals surface area contributed by atoms with Gasteiger partial charge in [0.15, 0.2) is 0 Å². The molecule has 0 aliphatic rings. The van der Waals surface area contributed by atoms with Crippen LogP contribution in [-0.2, 0) is 0 Å². The van der Waals surface area contributed by atoms with E-state index in [4.69, 9.17) is 5.73 Å². The summed E-state index contributed by atoms with van der Waals surface area (Å²) in [6, 6.07) is 6.77. The van der Waals surface area contributed by atoms with E-state index in [-0.39, 0.29) is 0 Å². The Kier molecular flexibility index (Phi) is 3.90. The fourth-order valence-corrected chi connectivity index (χ4v) is 2.51. The van der Waals surface area contributed by atoms with Crippen LogP contribution in [0.1, 0.15) is 51.1 Å². The van der Waals surface area contributed by atoms with Gasteiger partial charge in [0.05, 0.1) is 11.0 Å². The van der Waals surface area contributed by atoms with Gasteiger partial charge in [0.1, 0.15) is 0 Å². The number of aryl methyl sites for hydroxylation is 1. The molecule has 3 nitrogen and oxygen atoms in total. The van der Waals surface area contributed by atoms with Gasteiger partial charge in [0, 0.05) is 6.04 Å². The molecule has 2 rings (SSSR count). The van der Waals surface area contributed by atoms with Crippen molar-refractivity contribution in [1.29, 1.82) is 0 Å². The summed E-state index contributed by atoms with van der Waals surface area (Å²) in [6.45, 7) is 6.54. The Hall–Kier alpha value is -1.51. The lowest BCUT2D eigenvalue weighted by atomic mass is 10.1. The van der Waals surface area contributed by atoms with E-state index in [1.807, 2.05) is 0 Å². The molecule has 0 bridgehead atoms. The van der Waals surface area contributed by atoms with Crippen molar-refractivity contribution in [2.45, 2.75) is 52.5 Å². The number of aromatic nitrogens is 2. The first-order valence-electron chi connectivity index (χ1n) is 6.87. The van der Waals surface area contributed by atoms with Gasteiger partial charge in [0.25, 0.3) is 0 Å². The van der Waals surface area contributed by atoms with Crippen molar-refractivity contribution >= 4 is 17.0 Å². The number of nitrogens with zero attached hydrogens (tertiary/aromatic N) is 2. The molecular formula is C15H23N3. The first kappa shape index (κ1) is 12.9. The van der Waals surface area contributed by atoms with Crippen molar-refractivity contribution in [3.8, 4) is 0 Å². The van der Waals surface area contributed by atoms with E-state index in [0.29, 0.717) is 12.0 Å². The minimum absolute atomic E-state index is 0.421. The molecule has 1 heterocycles. The van der Waals surface area contributed by atoms with Gasteiger partial charge >= 0.3 is 0 Å². The van der Waals surface area contributed by atoms with E-state index in [1.165, 1.54) is 24.8 Å². The van der Waals surface area contributed by atoms with E-state index < -0.39 is 0 Å². The SMILES string of the molecule is CCCCCC(C)n1c(N)nc2cc(C)ccc21. The third-order valence-corrected chi connectivity index (χ3v) is 3.54. The van der Waals surface area contributed by atoms with E-state index in [2.05, 4.69) is 48.5 Å². The molecular weight excluding hydrogens is 222 g/mol. The minimum atomic E-state index is 0.421. The summed E-state index contributed by atoms with van der Waals surface area (Å²) in [7, 11) is 0. The summed E-state index contributed by atoms with van der Waals surface area (Å²) in [5.41, 5.74) is 9.45. The van der Waals surface area contributed by atoms with Gasteiger partial charge < -0.3 is 10.3 Å². The Morgan fingerprint density at radius 3 is 2.83 bits per heavy atom. The van der Waals surface area contributed by atoms with Crippen LogP contribution in [0.2, 0.25) is 0 Å². The Bertz CT molecular complexity index is 528. The highest BCUT2D eigenvalue weighted by Gasteiger charge is 2.13. The van der Waals surface area contributed by atoms with Gasteiger partial charge in [-0.25, -0.2) is 4.98 Å². The lowest BCUT2D eigenvalue weighted by molar-refractivity contribution is 0.492. The number of anilines is 1. The predicted molar refractivity (Wildman–Crippen MR) is 77.7 cm³/mol. The van der Waals surface area contributed by atoms with Crippen molar-refractivity contribution < 1.29 is 0 Å². The number of nitrogens with two attached hydrogens (primary N) is 1. The summed E-state index contributed by atoms with van der Waals surface area (Å²) >= 11 is 0. The average Bonchev–Trinajstić information content (AvgIpc) is 2.64. The number of unbranched alkanes of at least 4 members (excludes halogenated alkanes) is 2. The fourth-order valence-electron chi connectivity index (χ4n) is 2.51. The summed E-state index contributed by atoms with van der Waals surface area (Å²) in [6.07, 6.45) is 4.96. The van der Waals surface area contributed by atoms with Crippen molar-refractivity contribution in [3.05, 3.63) is 23.8 Å². The van der Waals surface area contributed by atoms with Crippen LogP contribution in [0.5, 0.6) is 0 Å². The molecule has 1 atom stereocenters. The molecule has 0 spiro atoms. The predicted octanol–water partition coefficient (Wildman–Crippen LogP) is 4.07. The van der Waals surface area contributed by atoms with Crippen LogP contribution in [0.15, 0.2) is 18.2 Å². The normalized spacial score (nSPS) is 13.1. The first-order valence-corrected chi connectivity index (χ1v) is 6.87. The van der Waals surface area contributed by atoms with Gasteiger partial charge in [-0.15, -0.1) is 0 Å². The lowest BCUT2D eigenvalue weighted by Gasteiger charge is -2.15. The highest BCUT2D eigenvalue weighted by Crippen LogP contribution is 2.26. The molecule has 0 fully saturated rings. The number of hydrogen-bond donors (Lipinski definition) is 1. The van der Waals surface area contributed by atoms with Crippen molar-refractivity contribution in [3.63, 3.8) is 0 Å². The molecule has 0 amide bonds. The Morgan fingerprint density at radius 1 is 1.33 bits per heavy atom. The van der Waals surface area contributed by atoms with Gasteiger partial charge in [-0.05, 0) is 38.0 Å². The molecule has 2 aromatic rings. The third-order valence-electron chi connectivity index (χ3n) is 3.54. The van der Waals surface area contributed by atoms with Crippen molar-refractivity contribution in [2.24, 2.45) is 0 Å². The maximum absolute atomic E-state index is 6.06. The highest BCUT2D eigenvalue weighted by molar-refractivity contribution is 5.79. The standard InChI is InChI=1S/C15H23N3/c1-4-5-6-7-12(3)18-14-9-8-11(2)10-13(14)17-15(18)16/h8-10,12H,4-7H2,1-3H3,(H2,16,17). The molecule has 0 saturated carbocycles. The molecule has 1 unspecified atom stereocenters. The zero-order valence-electron chi connectivity index (χ0n) is 11.6. The molecule has 0 saturated heterocycles. The topological polar surface area (TPSA) is 43.8 Å². The van der Waals surface area contributed by atoms with Crippen LogP contribution >= 0.6 is 0 Å². The van der Waals surface area contributed by atoms with Crippen LogP contribution in [0.3, 0.4) is 0 Å². The largest absolute Gasteiger partial charge is 0.369 e. The molecule has 1 aromatic carbocycles. The number of nitrogen functional groups attached to an aromatic ring is 1. The maximum atomic E-state index is 6.06. The van der Waals surface area contributed by atoms with Crippen molar-refractivity contribution in [2.75, 3.05) is 5.73 Å². The second-order valence-electron chi connectivity index (χ2n) is 5.18. The number of benzene rings is 1. The van der Waals surface area contributed by atoms with Gasteiger partial charge in [0.2, 0.25) is 5.95 Å². The van der Waals surface area contributed by atoms with E-state index >= 15 is 0 Å². The molecule has 18 heavy (non-hydrogen) atoms. The average molecular weight is 245 g/mol. The maximum Gasteiger partial charge on any atom is 0.201 e. The number of imidazole rings is 1. The zero-order valence-corrected chi connectivity index (χ0v) is 11.6. The monoisotopic (exact) mass is 245 g/mol. The summed E-state index contributed by atoms with van der Waals surface area (Å²) < 4.78 is 2.17. The molecule has 0 aliphatic carbocycles. The van der Waals surface area contributed by atoms with Crippen molar-refractivity contribution in [1.82, 2.24) is 9.55 Å². The number of fused-ring (bicyclic) bond motifs is 1. The van der Waals surface area contributed by atoms with Gasteiger partial charge in [-0.2, -0.15) is 0 Å². The van der Waals surface area contributed by atoms with Crippen LogP contribution in [0, 0.1) is 6.92 Å². The van der Waals surface area contributed by atoms with Gasteiger partial charge in [-0.1, -0.05) is 32.3 Å². The molecule has 0 aliphatic heterocycles. The van der Waals surface area contributed by atoms with E-state index in [9.17, 15) is 0 Å². The fraction of sp³-hybridized carbons (Fsp3) is 0.533. The quantitative estimate of drug-likeness (QED) is 0.807. The second-order valence-corrected chi connectivity index (χ2v) is 5.18. The second kappa shape index (κ2) is 5.42. The van der Waals surface area contributed by atoms with Crippen LogP contribution in [-0.4, -0.2) is 9.55 Å². The Labute approximate surface area is 109 Å². The number of hydrogen-bond acceptors (Lipinski definition) is 2. The molecule has 0 radical (unpaired) electrons. The zero-order chi connectivity index (χ0) is 13.1.